The fourth-order valence-electron chi connectivity index (χ4n) is 2.74. The minimum atomic E-state index is -3.51. The topological polar surface area (TPSA) is 75.3 Å². The first-order chi connectivity index (χ1) is 12.4. The van der Waals surface area contributed by atoms with Crippen LogP contribution in [0.3, 0.4) is 0 Å². The van der Waals surface area contributed by atoms with Crippen molar-refractivity contribution in [1.82, 2.24) is 10.0 Å². The van der Waals surface area contributed by atoms with Crippen molar-refractivity contribution < 1.29 is 13.2 Å². The minimum absolute atomic E-state index is 0.124. The number of carbonyl (C=O) groups excluding carboxylic acids is 1. The third-order valence-corrected chi connectivity index (χ3v) is 5.75. The Morgan fingerprint density at radius 2 is 1.58 bits per heavy atom. The highest BCUT2D eigenvalue weighted by Crippen LogP contribution is 2.20. The summed E-state index contributed by atoms with van der Waals surface area (Å²) in [5.74, 6) is -0.251. The van der Waals surface area contributed by atoms with E-state index in [4.69, 9.17) is 0 Å². The second-order valence-electron chi connectivity index (χ2n) is 6.03. The highest BCUT2D eigenvalue weighted by molar-refractivity contribution is 7.89. The molecule has 134 valence electrons. The molecule has 0 bridgehead atoms. The van der Waals surface area contributed by atoms with E-state index in [2.05, 4.69) is 16.1 Å². The van der Waals surface area contributed by atoms with Gasteiger partial charge in [0.15, 0.2) is 0 Å². The number of hydrogen-bond donors (Lipinski definition) is 2. The van der Waals surface area contributed by atoms with Gasteiger partial charge in [-0.2, -0.15) is 0 Å². The number of nitrogens with one attached hydrogen (secondary N) is 2. The van der Waals surface area contributed by atoms with Crippen LogP contribution in [0.4, 0.5) is 0 Å². The van der Waals surface area contributed by atoms with Crippen LogP contribution in [0, 0.1) is 0 Å². The molecule has 0 saturated carbocycles. The summed E-state index contributed by atoms with van der Waals surface area (Å²) in [4.78, 5) is 12.6. The van der Waals surface area contributed by atoms with Crippen LogP contribution in [0.2, 0.25) is 0 Å². The van der Waals surface area contributed by atoms with Crippen LogP contribution in [-0.2, 0) is 10.0 Å². The van der Waals surface area contributed by atoms with E-state index in [0.717, 1.165) is 16.3 Å². The molecule has 2 N–H and O–H groups in total. The van der Waals surface area contributed by atoms with Crippen LogP contribution >= 0.6 is 0 Å². The molecule has 0 aliphatic carbocycles. The summed E-state index contributed by atoms with van der Waals surface area (Å²) in [6.45, 7) is 1.92. The van der Waals surface area contributed by atoms with E-state index in [0.29, 0.717) is 5.56 Å². The van der Waals surface area contributed by atoms with Gasteiger partial charge in [-0.15, -0.1) is 0 Å². The zero-order chi connectivity index (χ0) is 18.7. The molecule has 0 aromatic heterocycles. The van der Waals surface area contributed by atoms with Gasteiger partial charge in [0, 0.05) is 5.56 Å². The Morgan fingerprint density at radius 1 is 0.923 bits per heavy atom. The number of fused-ring (bicyclic) bond motifs is 1. The van der Waals surface area contributed by atoms with Crippen molar-refractivity contribution in [2.45, 2.75) is 17.9 Å². The fourth-order valence-corrected chi connectivity index (χ4v) is 3.47. The van der Waals surface area contributed by atoms with Gasteiger partial charge in [0.05, 0.1) is 10.9 Å². The SMILES string of the molecule is CNS(=O)(=O)c1ccc(C(=O)NC(C)c2ccc3ccccc3c2)cc1. The normalized spacial score (nSPS) is 12.7. The molecule has 0 radical (unpaired) electrons. The molecular formula is C20H20N2O3S. The molecule has 0 aliphatic rings. The third kappa shape index (κ3) is 3.76. The van der Waals surface area contributed by atoms with Gasteiger partial charge in [0.2, 0.25) is 10.0 Å². The van der Waals surface area contributed by atoms with Crippen LogP contribution in [0.1, 0.15) is 28.9 Å². The Bertz CT molecular complexity index is 1040. The average molecular weight is 368 g/mol. The molecule has 1 amide bonds. The average Bonchev–Trinajstić information content (AvgIpc) is 2.67. The second-order valence-corrected chi connectivity index (χ2v) is 7.92. The number of sulfonamides is 1. The summed E-state index contributed by atoms with van der Waals surface area (Å²) in [5, 5.41) is 5.21. The molecule has 0 spiro atoms. The van der Waals surface area contributed by atoms with Crippen molar-refractivity contribution in [2.75, 3.05) is 7.05 Å². The van der Waals surface area contributed by atoms with Crippen molar-refractivity contribution in [1.29, 1.82) is 0 Å². The van der Waals surface area contributed by atoms with Crippen LogP contribution in [0.25, 0.3) is 10.8 Å². The van der Waals surface area contributed by atoms with E-state index < -0.39 is 10.0 Å². The molecule has 0 heterocycles. The van der Waals surface area contributed by atoms with Gasteiger partial charge >= 0.3 is 0 Å². The Kier molecular flexibility index (Phi) is 5.06. The predicted molar refractivity (Wildman–Crippen MR) is 103 cm³/mol. The molecule has 1 unspecified atom stereocenters. The van der Waals surface area contributed by atoms with E-state index >= 15 is 0 Å². The minimum Gasteiger partial charge on any atom is -0.346 e. The molecule has 6 heteroatoms. The molecule has 3 rings (SSSR count). The van der Waals surface area contributed by atoms with Gasteiger partial charge in [-0.25, -0.2) is 13.1 Å². The van der Waals surface area contributed by atoms with E-state index in [1.54, 1.807) is 0 Å². The predicted octanol–water partition coefficient (Wildman–Crippen LogP) is 3.24. The Morgan fingerprint density at radius 3 is 2.23 bits per heavy atom. The lowest BCUT2D eigenvalue weighted by Crippen LogP contribution is -2.26. The number of hydrogen-bond acceptors (Lipinski definition) is 3. The van der Waals surface area contributed by atoms with Crippen LogP contribution in [0.15, 0.2) is 71.6 Å². The number of benzene rings is 3. The number of amides is 1. The van der Waals surface area contributed by atoms with Crippen LogP contribution < -0.4 is 10.0 Å². The van der Waals surface area contributed by atoms with Gasteiger partial charge in [0.1, 0.15) is 0 Å². The first-order valence-corrected chi connectivity index (χ1v) is 9.72. The largest absolute Gasteiger partial charge is 0.346 e. The highest BCUT2D eigenvalue weighted by Gasteiger charge is 2.15. The van der Waals surface area contributed by atoms with Gasteiger partial charge in [-0.05, 0) is 60.6 Å². The second kappa shape index (κ2) is 7.27. The Labute approximate surface area is 153 Å². The molecule has 3 aromatic carbocycles. The summed E-state index contributed by atoms with van der Waals surface area (Å²) >= 11 is 0. The molecule has 5 nitrogen and oxygen atoms in total. The number of rotatable bonds is 5. The van der Waals surface area contributed by atoms with Gasteiger partial charge in [-0.3, -0.25) is 4.79 Å². The van der Waals surface area contributed by atoms with Gasteiger partial charge in [-0.1, -0.05) is 36.4 Å². The maximum Gasteiger partial charge on any atom is 0.251 e. The maximum atomic E-state index is 12.4. The summed E-state index contributed by atoms with van der Waals surface area (Å²) in [7, 11) is -2.16. The van der Waals surface area contributed by atoms with Crippen molar-refractivity contribution in [2.24, 2.45) is 0 Å². The number of carbonyl (C=O) groups is 1. The summed E-state index contributed by atoms with van der Waals surface area (Å²) in [6.07, 6.45) is 0. The van der Waals surface area contributed by atoms with Gasteiger partial charge in [0.25, 0.3) is 5.91 Å². The van der Waals surface area contributed by atoms with Crippen molar-refractivity contribution in [3.05, 3.63) is 77.9 Å². The lowest BCUT2D eigenvalue weighted by atomic mass is 10.0. The molecular weight excluding hydrogens is 348 g/mol. The molecule has 0 fully saturated rings. The molecule has 0 aliphatic heterocycles. The summed E-state index contributed by atoms with van der Waals surface area (Å²) in [6, 6.07) is 19.8. The zero-order valence-electron chi connectivity index (χ0n) is 14.6. The zero-order valence-corrected chi connectivity index (χ0v) is 15.4. The van der Waals surface area contributed by atoms with E-state index in [1.807, 2.05) is 43.3 Å². The Balaban J connectivity index is 1.76. The first-order valence-electron chi connectivity index (χ1n) is 8.24. The van der Waals surface area contributed by atoms with Crippen LogP contribution in [-0.4, -0.2) is 21.4 Å². The quantitative estimate of drug-likeness (QED) is 0.726. The van der Waals surface area contributed by atoms with E-state index in [-0.39, 0.29) is 16.8 Å². The van der Waals surface area contributed by atoms with E-state index in [1.165, 1.54) is 31.3 Å². The molecule has 1 atom stereocenters. The van der Waals surface area contributed by atoms with Crippen molar-refractivity contribution in [3.8, 4) is 0 Å². The highest BCUT2D eigenvalue weighted by atomic mass is 32.2. The Hall–Kier alpha value is -2.70. The van der Waals surface area contributed by atoms with Crippen molar-refractivity contribution in [3.63, 3.8) is 0 Å². The lowest BCUT2D eigenvalue weighted by Gasteiger charge is -2.15. The molecule has 0 saturated heterocycles. The smallest absolute Gasteiger partial charge is 0.251 e. The van der Waals surface area contributed by atoms with Crippen molar-refractivity contribution >= 4 is 26.7 Å². The third-order valence-electron chi connectivity index (χ3n) is 4.32. The molecule has 26 heavy (non-hydrogen) atoms. The molecule has 3 aromatic rings. The lowest BCUT2D eigenvalue weighted by molar-refractivity contribution is 0.0940. The monoisotopic (exact) mass is 368 g/mol. The van der Waals surface area contributed by atoms with E-state index in [9.17, 15) is 13.2 Å². The maximum absolute atomic E-state index is 12.4. The summed E-state index contributed by atoms with van der Waals surface area (Å²) in [5.41, 5.74) is 1.42. The van der Waals surface area contributed by atoms with Crippen LogP contribution in [0.5, 0.6) is 0 Å². The summed E-state index contributed by atoms with van der Waals surface area (Å²) < 4.78 is 25.7. The first kappa shape index (κ1) is 18.1. The van der Waals surface area contributed by atoms with Gasteiger partial charge < -0.3 is 5.32 Å². The standard InChI is InChI=1S/C20H20N2O3S/c1-14(17-8-7-15-5-3-4-6-18(15)13-17)22-20(23)16-9-11-19(12-10-16)26(24,25)21-2/h3-14,21H,1-2H3,(H,22,23). The fraction of sp³-hybridized carbons (Fsp3) is 0.150.